The Morgan fingerprint density at radius 3 is 2.64 bits per heavy atom. The second-order valence-corrected chi connectivity index (χ2v) is 5.58. The number of β-amino-alcohol motifs (C(OH)–C–C–N with tert-alkyl or cyclic N) is 1. The quantitative estimate of drug-likeness (QED) is 0.639. The number of methoxy groups -OCH3 is 1. The fourth-order valence-corrected chi connectivity index (χ4v) is 2.38. The predicted molar refractivity (Wildman–Crippen MR) is 82.0 cm³/mol. The number of aliphatic hydroxyl groups is 1. The smallest absolute Gasteiger partial charge is 0.220 e. The van der Waals surface area contributed by atoms with Crippen molar-refractivity contribution in [1.82, 2.24) is 10.6 Å². The maximum atomic E-state index is 12.0. The van der Waals surface area contributed by atoms with Gasteiger partial charge in [-0.2, -0.15) is 0 Å². The van der Waals surface area contributed by atoms with Crippen molar-refractivity contribution < 1.29 is 19.4 Å². The summed E-state index contributed by atoms with van der Waals surface area (Å²) in [6.45, 7) is 1.45. The van der Waals surface area contributed by atoms with E-state index in [1.54, 1.807) is 31.4 Å². The van der Waals surface area contributed by atoms with Crippen molar-refractivity contribution in [2.45, 2.75) is 24.9 Å². The van der Waals surface area contributed by atoms with Gasteiger partial charge in [-0.1, -0.05) is 0 Å². The van der Waals surface area contributed by atoms with Crippen LogP contribution in [0.4, 0.5) is 0 Å². The number of hydrogen-bond donors (Lipinski definition) is 3. The highest BCUT2D eigenvalue weighted by atomic mass is 16.5. The lowest BCUT2D eigenvalue weighted by Crippen LogP contribution is -2.44. The minimum atomic E-state index is -0.865. The highest BCUT2D eigenvalue weighted by Gasteiger charge is 2.31. The molecule has 1 saturated heterocycles. The minimum absolute atomic E-state index is 0.0842. The third-order valence-electron chi connectivity index (χ3n) is 3.83. The van der Waals surface area contributed by atoms with E-state index in [1.165, 1.54) is 0 Å². The molecule has 0 spiro atoms. The molecule has 0 saturated carbocycles. The van der Waals surface area contributed by atoms with Crippen molar-refractivity contribution in [2.24, 2.45) is 0 Å². The number of carbonyl (C=O) groups is 2. The molecule has 1 aliphatic heterocycles. The van der Waals surface area contributed by atoms with E-state index in [0.29, 0.717) is 24.3 Å². The molecule has 1 aromatic carbocycles. The number of ether oxygens (including phenoxy) is 1. The van der Waals surface area contributed by atoms with Gasteiger partial charge in [-0.3, -0.25) is 9.59 Å². The molecule has 6 nitrogen and oxygen atoms in total. The lowest BCUT2D eigenvalue weighted by atomic mass is 10.0. The van der Waals surface area contributed by atoms with Crippen LogP contribution < -0.4 is 15.4 Å². The van der Waals surface area contributed by atoms with Gasteiger partial charge in [0, 0.05) is 31.5 Å². The summed E-state index contributed by atoms with van der Waals surface area (Å²) in [5.74, 6) is 0.383. The Balaban J connectivity index is 1.74. The third-order valence-corrected chi connectivity index (χ3v) is 3.83. The number of rotatable bonds is 7. The maximum absolute atomic E-state index is 12.0. The van der Waals surface area contributed by atoms with E-state index in [2.05, 4.69) is 10.6 Å². The molecule has 0 radical (unpaired) electrons. The van der Waals surface area contributed by atoms with Gasteiger partial charge in [0.1, 0.15) is 5.75 Å². The second kappa shape index (κ2) is 7.38. The van der Waals surface area contributed by atoms with Crippen LogP contribution >= 0.6 is 0 Å². The Hall–Kier alpha value is -1.92. The van der Waals surface area contributed by atoms with Gasteiger partial charge in [0.25, 0.3) is 0 Å². The molecular formula is C16H22N2O4. The van der Waals surface area contributed by atoms with E-state index >= 15 is 0 Å². The van der Waals surface area contributed by atoms with E-state index in [4.69, 9.17) is 4.74 Å². The van der Waals surface area contributed by atoms with Crippen LogP contribution in [-0.2, 0) is 4.79 Å². The zero-order valence-electron chi connectivity index (χ0n) is 12.7. The standard InChI is InChI=1S/C16H22N2O4/c1-22-13-4-2-12(3-5-13)14(19)6-7-15(20)18-11-16(21)8-9-17-10-16/h2-5,17,21H,6-11H2,1H3,(H,18,20)/t16-/m1/s1. The van der Waals surface area contributed by atoms with Crippen LogP contribution in [0.5, 0.6) is 5.75 Å². The van der Waals surface area contributed by atoms with Gasteiger partial charge < -0.3 is 20.5 Å². The van der Waals surface area contributed by atoms with Gasteiger partial charge in [-0.15, -0.1) is 0 Å². The fraction of sp³-hybridized carbons (Fsp3) is 0.500. The molecule has 22 heavy (non-hydrogen) atoms. The van der Waals surface area contributed by atoms with Crippen molar-refractivity contribution in [2.75, 3.05) is 26.7 Å². The van der Waals surface area contributed by atoms with Crippen LogP contribution in [0.2, 0.25) is 0 Å². The summed E-state index contributed by atoms with van der Waals surface area (Å²) in [5.41, 5.74) is -0.303. The average Bonchev–Trinajstić information content (AvgIpc) is 2.98. The van der Waals surface area contributed by atoms with E-state index in [0.717, 1.165) is 6.54 Å². The van der Waals surface area contributed by atoms with Crippen molar-refractivity contribution in [3.8, 4) is 5.75 Å². The zero-order chi connectivity index (χ0) is 16.0. The molecule has 1 atom stereocenters. The Bertz CT molecular complexity index is 521. The first-order valence-electron chi connectivity index (χ1n) is 7.39. The van der Waals surface area contributed by atoms with Crippen LogP contribution in [0.3, 0.4) is 0 Å². The molecule has 120 valence electrons. The van der Waals surface area contributed by atoms with Gasteiger partial charge in [-0.05, 0) is 37.2 Å². The van der Waals surface area contributed by atoms with Crippen LogP contribution in [0.25, 0.3) is 0 Å². The zero-order valence-corrected chi connectivity index (χ0v) is 12.7. The summed E-state index contributed by atoms with van der Waals surface area (Å²) in [5, 5.41) is 15.8. The molecule has 1 aliphatic rings. The van der Waals surface area contributed by atoms with Gasteiger partial charge in [-0.25, -0.2) is 0 Å². The third kappa shape index (κ3) is 4.54. The van der Waals surface area contributed by atoms with Gasteiger partial charge in [0.15, 0.2) is 5.78 Å². The molecule has 1 amide bonds. The van der Waals surface area contributed by atoms with Crippen LogP contribution in [-0.4, -0.2) is 49.1 Å². The van der Waals surface area contributed by atoms with Crippen molar-refractivity contribution in [3.05, 3.63) is 29.8 Å². The van der Waals surface area contributed by atoms with E-state index in [-0.39, 0.29) is 31.1 Å². The number of carbonyl (C=O) groups excluding carboxylic acids is 2. The SMILES string of the molecule is COc1ccc(C(=O)CCC(=O)NC[C@@]2(O)CCNC2)cc1. The molecule has 1 heterocycles. The van der Waals surface area contributed by atoms with Crippen LogP contribution in [0.1, 0.15) is 29.6 Å². The largest absolute Gasteiger partial charge is 0.497 e. The normalized spacial score (nSPS) is 20.6. The molecule has 6 heteroatoms. The Labute approximate surface area is 129 Å². The summed E-state index contributed by atoms with van der Waals surface area (Å²) in [7, 11) is 1.56. The molecule has 1 aromatic rings. The Morgan fingerprint density at radius 1 is 1.32 bits per heavy atom. The number of hydrogen-bond acceptors (Lipinski definition) is 5. The van der Waals surface area contributed by atoms with Gasteiger partial charge >= 0.3 is 0 Å². The highest BCUT2D eigenvalue weighted by Crippen LogP contribution is 2.14. The number of nitrogens with one attached hydrogen (secondary N) is 2. The predicted octanol–water partition coefficient (Wildman–Crippen LogP) is 0.499. The molecule has 0 bridgehead atoms. The summed E-state index contributed by atoms with van der Waals surface area (Å²) in [6.07, 6.45) is 0.890. The van der Waals surface area contributed by atoms with Crippen molar-refractivity contribution in [3.63, 3.8) is 0 Å². The molecule has 0 aliphatic carbocycles. The van der Waals surface area contributed by atoms with Crippen LogP contribution in [0.15, 0.2) is 24.3 Å². The highest BCUT2D eigenvalue weighted by molar-refractivity contribution is 5.98. The minimum Gasteiger partial charge on any atom is -0.497 e. The monoisotopic (exact) mass is 306 g/mol. The number of benzene rings is 1. The summed E-state index contributed by atoms with van der Waals surface area (Å²) >= 11 is 0. The van der Waals surface area contributed by atoms with E-state index in [1.807, 2.05) is 0 Å². The lowest BCUT2D eigenvalue weighted by Gasteiger charge is -2.21. The number of Topliss-reactive ketones (excluding diaryl/α,β-unsaturated/α-hetero) is 1. The average molecular weight is 306 g/mol. The Kier molecular flexibility index (Phi) is 5.51. The molecule has 0 aromatic heterocycles. The number of amides is 1. The summed E-state index contributed by atoms with van der Waals surface area (Å²) in [4.78, 5) is 23.8. The molecule has 1 fully saturated rings. The first-order chi connectivity index (χ1) is 10.5. The topological polar surface area (TPSA) is 87.7 Å². The molecule has 3 N–H and O–H groups in total. The van der Waals surface area contributed by atoms with Crippen LogP contribution in [0, 0.1) is 0 Å². The Morgan fingerprint density at radius 2 is 2.05 bits per heavy atom. The van der Waals surface area contributed by atoms with Gasteiger partial charge in [0.05, 0.1) is 12.7 Å². The second-order valence-electron chi connectivity index (χ2n) is 5.58. The van der Waals surface area contributed by atoms with E-state index in [9.17, 15) is 14.7 Å². The summed E-state index contributed by atoms with van der Waals surface area (Å²) in [6, 6.07) is 6.81. The number of ketones is 1. The first kappa shape index (κ1) is 16.5. The van der Waals surface area contributed by atoms with Gasteiger partial charge in [0.2, 0.25) is 5.91 Å². The van der Waals surface area contributed by atoms with Crippen molar-refractivity contribution >= 4 is 11.7 Å². The van der Waals surface area contributed by atoms with Crippen molar-refractivity contribution in [1.29, 1.82) is 0 Å². The molecular weight excluding hydrogens is 284 g/mol. The first-order valence-corrected chi connectivity index (χ1v) is 7.39. The summed E-state index contributed by atoms with van der Waals surface area (Å²) < 4.78 is 5.03. The fourth-order valence-electron chi connectivity index (χ4n) is 2.38. The molecule has 0 unspecified atom stereocenters. The maximum Gasteiger partial charge on any atom is 0.220 e. The lowest BCUT2D eigenvalue weighted by molar-refractivity contribution is -0.122. The molecule has 2 rings (SSSR count). The van der Waals surface area contributed by atoms with E-state index < -0.39 is 5.60 Å².